The normalized spacial score (nSPS) is 15.5. The molecule has 72 valence electrons. The van der Waals surface area contributed by atoms with Crippen LogP contribution in [0.3, 0.4) is 0 Å². The van der Waals surface area contributed by atoms with Gasteiger partial charge in [0, 0.05) is 16.6 Å². The molecule has 2 atom stereocenters. The van der Waals surface area contributed by atoms with Gasteiger partial charge in [-0.1, -0.05) is 23.7 Å². The largest absolute Gasteiger partial charge is 0.387 e. The second-order valence-electron chi connectivity index (χ2n) is 3.33. The number of aryl methyl sites for hydroxylation is 1. The fourth-order valence-corrected chi connectivity index (χ4v) is 1.50. The van der Waals surface area contributed by atoms with Gasteiger partial charge in [-0.25, -0.2) is 0 Å². The maximum Gasteiger partial charge on any atom is 0.0952 e. The number of nitrogens with two attached hydrogens (primary N) is 1. The quantitative estimate of drug-likeness (QED) is 0.766. The van der Waals surface area contributed by atoms with Crippen molar-refractivity contribution in [3.8, 4) is 0 Å². The Balaban J connectivity index is 3.01. The second kappa shape index (κ2) is 4.09. The van der Waals surface area contributed by atoms with Crippen LogP contribution < -0.4 is 5.73 Å². The van der Waals surface area contributed by atoms with Crippen molar-refractivity contribution in [1.82, 2.24) is 0 Å². The van der Waals surface area contributed by atoms with E-state index in [-0.39, 0.29) is 6.04 Å². The van der Waals surface area contributed by atoms with Gasteiger partial charge < -0.3 is 10.8 Å². The molecule has 0 amide bonds. The number of halogens is 1. The molecular formula is C10H14ClNO. The SMILES string of the molecule is Cc1ccc([C@@H](O)[C@@H](C)N)c(Cl)c1. The van der Waals surface area contributed by atoms with E-state index in [2.05, 4.69) is 0 Å². The lowest BCUT2D eigenvalue weighted by Crippen LogP contribution is -2.24. The maximum atomic E-state index is 9.66. The van der Waals surface area contributed by atoms with Gasteiger partial charge >= 0.3 is 0 Å². The van der Waals surface area contributed by atoms with Crippen LogP contribution >= 0.6 is 11.6 Å². The minimum Gasteiger partial charge on any atom is -0.387 e. The van der Waals surface area contributed by atoms with E-state index in [1.165, 1.54) is 0 Å². The number of benzene rings is 1. The van der Waals surface area contributed by atoms with E-state index in [4.69, 9.17) is 17.3 Å². The van der Waals surface area contributed by atoms with Crippen LogP contribution in [0.15, 0.2) is 18.2 Å². The lowest BCUT2D eigenvalue weighted by Gasteiger charge is -2.16. The summed E-state index contributed by atoms with van der Waals surface area (Å²) in [5.41, 5.74) is 7.34. The molecule has 13 heavy (non-hydrogen) atoms. The molecule has 1 rings (SSSR count). The van der Waals surface area contributed by atoms with E-state index in [0.29, 0.717) is 10.6 Å². The van der Waals surface area contributed by atoms with Crippen LogP contribution in [0.4, 0.5) is 0 Å². The molecule has 0 aromatic heterocycles. The van der Waals surface area contributed by atoms with E-state index in [1.807, 2.05) is 25.1 Å². The number of aliphatic hydroxyl groups excluding tert-OH is 1. The van der Waals surface area contributed by atoms with E-state index in [9.17, 15) is 5.11 Å². The Labute approximate surface area is 83.3 Å². The third-order valence-electron chi connectivity index (χ3n) is 1.97. The first kappa shape index (κ1) is 10.5. The van der Waals surface area contributed by atoms with Gasteiger partial charge in [0.15, 0.2) is 0 Å². The molecule has 0 aliphatic rings. The predicted molar refractivity (Wildman–Crippen MR) is 54.8 cm³/mol. The van der Waals surface area contributed by atoms with Crippen LogP contribution in [-0.2, 0) is 0 Å². The summed E-state index contributed by atoms with van der Waals surface area (Å²) in [5, 5.41) is 10.2. The third-order valence-corrected chi connectivity index (χ3v) is 2.30. The van der Waals surface area contributed by atoms with Crippen molar-refractivity contribution in [2.24, 2.45) is 5.73 Å². The lowest BCUT2D eigenvalue weighted by molar-refractivity contribution is 0.153. The molecule has 0 spiro atoms. The van der Waals surface area contributed by atoms with Crippen molar-refractivity contribution in [2.45, 2.75) is 26.0 Å². The average molecular weight is 200 g/mol. The Morgan fingerprint density at radius 1 is 1.46 bits per heavy atom. The zero-order chi connectivity index (χ0) is 10.0. The standard InChI is InChI=1S/C10H14ClNO/c1-6-3-4-8(9(11)5-6)10(13)7(2)12/h3-5,7,10,13H,12H2,1-2H3/t7-,10+/m1/s1. The molecule has 3 heteroatoms. The van der Waals surface area contributed by atoms with Gasteiger partial charge in [0.2, 0.25) is 0 Å². The number of rotatable bonds is 2. The summed E-state index contributed by atoms with van der Waals surface area (Å²) in [6, 6.07) is 5.24. The summed E-state index contributed by atoms with van der Waals surface area (Å²) < 4.78 is 0. The van der Waals surface area contributed by atoms with Crippen molar-refractivity contribution in [3.05, 3.63) is 34.3 Å². The summed E-state index contributed by atoms with van der Waals surface area (Å²) in [6.07, 6.45) is -0.687. The molecule has 0 radical (unpaired) electrons. The summed E-state index contributed by atoms with van der Waals surface area (Å²) in [7, 11) is 0. The Kier molecular flexibility index (Phi) is 3.31. The zero-order valence-electron chi connectivity index (χ0n) is 7.79. The highest BCUT2D eigenvalue weighted by atomic mass is 35.5. The first-order chi connectivity index (χ1) is 6.02. The Morgan fingerprint density at radius 2 is 2.08 bits per heavy atom. The molecule has 0 heterocycles. The molecule has 1 aromatic carbocycles. The second-order valence-corrected chi connectivity index (χ2v) is 3.74. The first-order valence-electron chi connectivity index (χ1n) is 4.22. The fourth-order valence-electron chi connectivity index (χ4n) is 1.16. The molecule has 3 N–H and O–H groups in total. The fraction of sp³-hybridized carbons (Fsp3) is 0.400. The molecule has 0 aliphatic carbocycles. The highest BCUT2D eigenvalue weighted by Gasteiger charge is 2.15. The summed E-state index contributed by atoms with van der Waals surface area (Å²) in [6.45, 7) is 3.70. The van der Waals surface area contributed by atoms with Gasteiger partial charge in [-0.15, -0.1) is 0 Å². The molecule has 0 fully saturated rings. The summed E-state index contributed by atoms with van der Waals surface area (Å²) >= 11 is 5.95. The van der Waals surface area contributed by atoms with Crippen LogP contribution in [0, 0.1) is 6.92 Å². The van der Waals surface area contributed by atoms with E-state index < -0.39 is 6.10 Å². The smallest absolute Gasteiger partial charge is 0.0952 e. The highest BCUT2D eigenvalue weighted by molar-refractivity contribution is 6.31. The molecule has 0 unspecified atom stereocenters. The molecule has 0 bridgehead atoms. The molecule has 0 saturated carbocycles. The molecular weight excluding hydrogens is 186 g/mol. The van der Waals surface area contributed by atoms with Gasteiger partial charge in [-0.3, -0.25) is 0 Å². The Hall–Kier alpha value is -0.570. The summed E-state index contributed by atoms with van der Waals surface area (Å²) in [4.78, 5) is 0. The monoisotopic (exact) mass is 199 g/mol. The van der Waals surface area contributed by atoms with Crippen molar-refractivity contribution in [1.29, 1.82) is 0 Å². The van der Waals surface area contributed by atoms with Crippen LogP contribution in [0.2, 0.25) is 5.02 Å². The molecule has 1 aromatic rings. The van der Waals surface area contributed by atoms with E-state index in [1.54, 1.807) is 6.92 Å². The predicted octanol–water partition coefficient (Wildman–Crippen LogP) is 2.03. The minimum atomic E-state index is -0.687. The third kappa shape index (κ3) is 2.44. The topological polar surface area (TPSA) is 46.2 Å². The van der Waals surface area contributed by atoms with Gasteiger partial charge in [0.1, 0.15) is 0 Å². The van der Waals surface area contributed by atoms with Crippen LogP contribution in [-0.4, -0.2) is 11.1 Å². The van der Waals surface area contributed by atoms with Crippen molar-refractivity contribution >= 4 is 11.6 Å². The van der Waals surface area contributed by atoms with Gasteiger partial charge in [0.25, 0.3) is 0 Å². The summed E-state index contributed by atoms with van der Waals surface area (Å²) in [5.74, 6) is 0. The van der Waals surface area contributed by atoms with E-state index >= 15 is 0 Å². The maximum absolute atomic E-state index is 9.66. The van der Waals surface area contributed by atoms with Crippen molar-refractivity contribution in [2.75, 3.05) is 0 Å². The average Bonchev–Trinajstić information content (AvgIpc) is 2.03. The van der Waals surface area contributed by atoms with Crippen LogP contribution in [0.1, 0.15) is 24.2 Å². The lowest BCUT2D eigenvalue weighted by atomic mass is 10.0. The molecule has 0 saturated heterocycles. The van der Waals surface area contributed by atoms with Crippen molar-refractivity contribution in [3.63, 3.8) is 0 Å². The zero-order valence-corrected chi connectivity index (χ0v) is 8.55. The number of hydrogen-bond donors (Lipinski definition) is 2. The van der Waals surface area contributed by atoms with Gasteiger partial charge in [-0.05, 0) is 25.5 Å². The minimum absolute atomic E-state index is 0.305. The first-order valence-corrected chi connectivity index (χ1v) is 4.60. The number of aliphatic hydroxyl groups is 1. The van der Waals surface area contributed by atoms with Crippen LogP contribution in [0.25, 0.3) is 0 Å². The van der Waals surface area contributed by atoms with Gasteiger partial charge in [0.05, 0.1) is 6.10 Å². The van der Waals surface area contributed by atoms with Crippen LogP contribution in [0.5, 0.6) is 0 Å². The molecule has 0 aliphatic heterocycles. The number of hydrogen-bond acceptors (Lipinski definition) is 2. The molecule has 2 nitrogen and oxygen atoms in total. The Morgan fingerprint density at radius 3 is 2.54 bits per heavy atom. The highest BCUT2D eigenvalue weighted by Crippen LogP contribution is 2.25. The Bertz CT molecular complexity index is 299. The van der Waals surface area contributed by atoms with E-state index in [0.717, 1.165) is 5.56 Å². The van der Waals surface area contributed by atoms with Gasteiger partial charge in [-0.2, -0.15) is 0 Å². The van der Waals surface area contributed by atoms with Crippen molar-refractivity contribution < 1.29 is 5.11 Å².